The van der Waals surface area contributed by atoms with Crippen LogP contribution in [-0.2, 0) is 18.3 Å². The van der Waals surface area contributed by atoms with Gasteiger partial charge in [-0.25, -0.2) is 4.98 Å². The van der Waals surface area contributed by atoms with E-state index in [4.69, 9.17) is 0 Å². The van der Waals surface area contributed by atoms with E-state index in [1.807, 2.05) is 55.1 Å². The number of carbonyl (C=O) groups excluding carboxylic acids is 1. The number of benzene rings is 2. The van der Waals surface area contributed by atoms with Gasteiger partial charge in [-0.15, -0.1) is 0 Å². The molecule has 1 aromatic heterocycles. The van der Waals surface area contributed by atoms with E-state index in [2.05, 4.69) is 20.9 Å². The van der Waals surface area contributed by atoms with Gasteiger partial charge in [0.15, 0.2) is 0 Å². The summed E-state index contributed by atoms with van der Waals surface area (Å²) in [5, 5.41) is 0.591. The first kappa shape index (κ1) is 17.9. The normalized spacial score (nSPS) is 16.4. The number of halogens is 1. The SMILES string of the molecule is CC(C)N1C(=O)[C@@H](Cc2nc3ccccc3c(=O)n2C)c2cc(Br)ccc21. The number of rotatable bonds is 3. The Hall–Kier alpha value is -2.47. The number of para-hydroxylation sites is 1. The van der Waals surface area contributed by atoms with Gasteiger partial charge in [-0.05, 0) is 49.7 Å². The number of hydrogen-bond donors (Lipinski definition) is 0. The quantitative estimate of drug-likeness (QED) is 0.641. The molecule has 0 radical (unpaired) electrons. The van der Waals surface area contributed by atoms with Crippen LogP contribution < -0.4 is 10.5 Å². The molecule has 0 aliphatic carbocycles. The summed E-state index contributed by atoms with van der Waals surface area (Å²) < 4.78 is 2.50. The third-order valence-corrected chi connectivity index (χ3v) is 5.63. The van der Waals surface area contributed by atoms with Crippen molar-refractivity contribution in [2.24, 2.45) is 7.05 Å². The van der Waals surface area contributed by atoms with Crippen molar-refractivity contribution in [1.82, 2.24) is 9.55 Å². The van der Waals surface area contributed by atoms with Crippen molar-refractivity contribution in [3.63, 3.8) is 0 Å². The van der Waals surface area contributed by atoms with Crippen LogP contribution in [0.1, 0.15) is 31.2 Å². The van der Waals surface area contributed by atoms with Crippen LogP contribution in [0.15, 0.2) is 51.7 Å². The molecule has 0 saturated carbocycles. The minimum Gasteiger partial charge on any atom is -0.309 e. The lowest BCUT2D eigenvalue weighted by molar-refractivity contribution is -0.119. The number of aromatic nitrogens is 2. The van der Waals surface area contributed by atoms with Gasteiger partial charge >= 0.3 is 0 Å². The van der Waals surface area contributed by atoms with Crippen molar-refractivity contribution in [3.8, 4) is 0 Å². The number of anilines is 1. The Morgan fingerprint density at radius 2 is 1.89 bits per heavy atom. The van der Waals surface area contributed by atoms with E-state index in [0.29, 0.717) is 23.1 Å². The Balaban J connectivity index is 1.83. The van der Waals surface area contributed by atoms with Crippen molar-refractivity contribution in [3.05, 3.63) is 68.7 Å². The van der Waals surface area contributed by atoms with Crippen LogP contribution in [0.3, 0.4) is 0 Å². The van der Waals surface area contributed by atoms with E-state index >= 15 is 0 Å². The minimum atomic E-state index is -0.348. The molecule has 0 fully saturated rings. The molecule has 0 saturated heterocycles. The third kappa shape index (κ3) is 2.88. The third-order valence-electron chi connectivity index (χ3n) is 5.14. The van der Waals surface area contributed by atoms with E-state index in [9.17, 15) is 9.59 Å². The second kappa shape index (κ2) is 6.60. The predicted octanol–water partition coefficient (Wildman–Crippen LogP) is 3.78. The van der Waals surface area contributed by atoms with Crippen LogP contribution in [0.25, 0.3) is 10.9 Å². The highest BCUT2D eigenvalue weighted by Gasteiger charge is 2.39. The van der Waals surface area contributed by atoms with Crippen molar-refractivity contribution < 1.29 is 4.79 Å². The van der Waals surface area contributed by atoms with E-state index in [-0.39, 0.29) is 23.4 Å². The zero-order valence-corrected chi connectivity index (χ0v) is 17.0. The van der Waals surface area contributed by atoms with Gasteiger partial charge in [-0.3, -0.25) is 14.2 Å². The van der Waals surface area contributed by atoms with Gasteiger partial charge in [0.25, 0.3) is 5.56 Å². The topological polar surface area (TPSA) is 55.2 Å². The van der Waals surface area contributed by atoms with Gasteiger partial charge in [0, 0.05) is 29.7 Å². The molecule has 0 unspecified atom stereocenters. The minimum absolute atomic E-state index is 0.0560. The first-order chi connectivity index (χ1) is 12.9. The molecule has 6 heteroatoms. The van der Waals surface area contributed by atoms with E-state index in [1.165, 1.54) is 0 Å². The maximum absolute atomic E-state index is 13.2. The molecule has 1 amide bonds. The van der Waals surface area contributed by atoms with Gasteiger partial charge < -0.3 is 4.90 Å². The first-order valence-electron chi connectivity index (χ1n) is 8.95. The summed E-state index contributed by atoms with van der Waals surface area (Å²) in [6, 6.07) is 13.3. The largest absolute Gasteiger partial charge is 0.309 e. The number of fused-ring (bicyclic) bond motifs is 2. The summed E-state index contributed by atoms with van der Waals surface area (Å²) >= 11 is 3.51. The zero-order valence-electron chi connectivity index (χ0n) is 15.4. The highest BCUT2D eigenvalue weighted by Crippen LogP contribution is 2.41. The summed E-state index contributed by atoms with van der Waals surface area (Å²) in [4.78, 5) is 32.4. The number of hydrogen-bond acceptors (Lipinski definition) is 3. The van der Waals surface area contributed by atoms with Gasteiger partial charge in [0.2, 0.25) is 5.91 Å². The van der Waals surface area contributed by atoms with Crippen LogP contribution >= 0.6 is 15.9 Å². The van der Waals surface area contributed by atoms with Crippen LogP contribution in [-0.4, -0.2) is 21.5 Å². The Labute approximate surface area is 165 Å². The predicted molar refractivity (Wildman–Crippen MR) is 110 cm³/mol. The summed E-state index contributed by atoms with van der Waals surface area (Å²) in [5.74, 6) is 0.327. The van der Waals surface area contributed by atoms with E-state index in [0.717, 1.165) is 15.7 Å². The molecule has 0 N–H and O–H groups in total. The number of nitrogens with zero attached hydrogens (tertiary/aromatic N) is 3. The molecule has 3 aromatic rings. The molecule has 0 spiro atoms. The Morgan fingerprint density at radius 1 is 1.15 bits per heavy atom. The highest BCUT2D eigenvalue weighted by atomic mass is 79.9. The average molecular weight is 426 g/mol. The fourth-order valence-corrected chi connectivity index (χ4v) is 4.18. The Bertz CT molecular complexity index is 1120. The summed E-state index contributed by atoms with van der Waals surface area (Å²) in [6.45, 7) is 4.02. The number of amides is 1. The molecular formula is C21H20BrN3O2. The summed E-state index contributed by atoms with van der Waals surface area (Å²) in [6.07, 6.45) is 0.391. The lowest BCUT2D eigenvalue weighted by atomic mass is 9.96. The molecule has 1 aliphatic rings. The Morgan fingerprint density at radius 3 is 2.63 bits per heavy atom. The van der Waals surface area contributed by atoms with Crippen LogP contribution in [0.2, 0.25) is 0 Å². The zero-order chi connectivity index (χ0) is 19.3. The second-order valence-corrected chi connectivity index (χ2v) is 8.09. The highest BCUT2D eigenvalue weighted by molar-refractivity contribution is 9.10. The summed E-state index contributed by atoms with van der Waals surface area (Å²) in [7, 11) is 1.72. The lowest BCUT2D eigenvalue weighted by Crippen LogP contribution is -2.36. The van der Waals surface area contributed by atoms with Gasteiger partial charge in [0.1, 0.15) is 5.82 Å². The number of carbonyl (C=O) groups is 1. The molecule has 1 atom stereocenters. The summed E-state index contributed by atoms with van der Waals surface area (Å²) in [5.41, 5.74) is 2.49. The fraction of sp³-hybridized carbons (Fsp3) is 0.286. The average Bonchev–Trinajstić information content (AvgIpc) is 2.91. The molecule has 2 heterocycles. The molecule has 27 heavy (non-hydrogen) atoms. The van der Waals surface area contributed by atoms with Crippen molar-refractivity contribution in [2.75, 3.05) is 4.90 Å². The molecule has 138 valence electrons. The molecule has 4 rings (SSSR count). The van der Waals surface area contributed by atoms with Gasteiger partial charge in [-0.2, -0.15) is 0 Å². The molecular weight excluding hydrogens is 406 g/mol. The first-order valence-corrected chi connectivity index (χ1v) is 9.75. The van der Waals surface area contributed by atoms with Crippen LogP contribution in [0.4, 0.5) is 5.69 Å². The van der Waals surface area contributed by atoms with Crippen molar-refractivity contribution >= 4 is 38.4 Å². The second-order valence-electron chi connectivity index (χ2n) is 7.17. The lowest BCUT2D eigenvalue weighted by Gasteiger charge is -2.22. The molecule has 5 nitrogen and oxygen atoms in total. The van der Waals surface area contributed by atoms with E-state index < -0.39 is 0 Å². The van der Waals surface area contributed by atoms with E-state index in [1.54, 1.807) is 17.7 Å². The van der Waals surface area contributed by atoms with Crippen molar-refractivity contribution in [2.45, 2.75) is 32.2 Å². The van der Waals surface area contributed by atoms with Crippen molar-refractivity contribution in [1.29, 1.82) is 0 Å². The van der Waals surface area contributed by atoms with Gasteiger partial charge in [-0.1, -0.05) is 28.1 Å². The van der Waals surface area contributed by atoms with Crippen LogP contribution in [0.5, 0.6) is 0 Å². The maximum atomic E-state index is 13.2. The maximum Gasteiger partial charge on any atom is 0.261 e. The standard InChI is InChI=1S/C21H20BrN3O2/c1-12(2)25-18-9-8-13(22)10-15(18)16(21(25)27)11-19-23-17-7-5-4-6-14(17)20(26)24(19)3/h4-10,12,16H,11H2,1-3H3/t16-/m0/s1. The smallest absolute Gasteiger partial charge is 0.261 e. The monoisotopic (exact) mass is 425 g/mol. The van der Waals surface area contributed by atoms with Gasteiger partial charge in [0.05, 0.1) is 16.8 Å². The molecule has 1 aliphatic heterocycles. The Kier molecular flexibility index (Phi) is 4.38. The van der Waals surface area contributed by atoms with Crippen LogP contribution in [0, 0.1) is 0 Å². The molecule has 2 aromatic carbocycles. The molecule has 0 bridgehead atoms. The fourth-order valence-electron chi connectivity index (χ4n) is 3.80.